The van der Waals surface area contributed by atoms with Crippen molar-refractivity contribution in [2.45, 2.75) is 0 Å². The molecule has 8 heteroatoms. The first-order chi connectivity index (χ1) is 7.59. The highest BCUT2D eigenvalue weighted by Gasteiger charge is 2.15. The third-order valence-corrected chi connectivity index (χ3v) is 2.11. The molecule has 0 radical (unpaired) electrons. The fraction of sp³-hybridized carbons (Fsp3) is 0.375. The van der Waals surface area contributed by atoms with E-state index >= 15 is 0 Å². The summed E-state index contributed by atoms with van der Waals surface area (Å²) in [6.45, 7) is -0.142. The molecule has 0 aliphatic heterocycles. The molecule has 0 spiro atoms. The maximum atomic E-state index is 10.6. The Morgan fingerprint density at radius 3 is 3.00 bits per heavy atom. The highest BCUT2D eigenvalue weighted by Crippen LogP contribution is 2.18. The predicted molar refractivity (Wildman–Crippen MR) is 55.0 cm³/mol. The van der Waals surface area contributed by atoms with Crippen LogP contribution in [0.3, 0.4) is 0 Å². The maximum absolute atomic E-state index is 10.6. The van der Waals surface area contributed by atoms with Gasteiger partial charge in [-0.15, -0.1) is 5.10 Å². The van der Waals surface area contributed by atoms with Crippen LogP contribution < -0.4 is 4.90 Å². The summed E-state index contributed by atoms with van der Waals surface area (Å²) in [7, 11) is 3.35. The smallest absolute Gasteiger partial charge is 0.323 e. The second-order valence-electron chi connectivity index (χ2n) is 3.33. The first kappa shape index (κ1) is 10.3. The van der Waals surface area contributed by atoms with Crippen LogP contribution in [0.4, 0.5) is 5.82 Å². The molecule has 0 aliphatic rings. The molecule has 84 valence electrons. The second-order valence-corrected chi connectivity index (χ2v) is 3.33. The van der Waals surface area contributed by atoms with Crippen LogP contribution in [0.5, 0.6) is 0 Å². The van der Waals surface area contributed by atoms with E-state index in [-0.39, 0.29) is 6.54 Å². The van der Waals surface area contributed by atoms with E-state index in [0.29, 0.717) is 17.0 Å². The Morgan fingerprint density at radius 2 is 2.31 bits per heavy atom. The van der Waals surface area contributed by atoms with E-state index in [2.05, 4.69) is 20.3 Å². The zero-order chi connectivity index (χ0) is 11.7. The van der Waals surface area contributed by atoms with E-state index in [9.17, 15) is 4.79 Å². The van der Waals surface area contributed by atoms with E-state index in [1.165, 1.54) is 15.9 Å². The Kier molecular flexibility index (Phi) is 2.39. The molecule has 0 amide bonds. The van der Waals surface area contributed by atoms with E-state index in [1.54, 1.807) is 14.1 Å². The number of aliphatic carboxylic acids is 1. The average Bonchev–Trinajstić information content (AvgIpc) is 2.59. The Labute approximate surface area is 90.5 Å². The molecular formula is C8H10N6O2. The van der Waals surface area contributed by atoms with Crippen LogP contribution in [0.25, 0.3) is 11.2 Å². The fourth-order valence-corrected chi connectivity index (χ4v) is 1.43. The van der Waals surface area contributed by atoms with Gasteiger partial charge in [0.1, 0.15) is 18.4 Å². The molecule has 0 unspecified atom stereocenters. The van der Waals surface area contributed by atoms with Crippen molar-refractivity contribution >= 4 is 23.0 Å². The molecule has 2 aromatic heterocycles. The molecule has 0 fully saturated rings. The van der Waals surface area contributed by atoms with Gasteiger partial charge < -0.3 is 10.0 Å². The lowest BCUT2D eigenvalue weighted by atomic mass is 10.4. The van der Waals surface area contributed by atoms with Gasteiger partial charge in [-0.25, -0.2) is 14.6 Å². The Balaban J connectivity index is 2.50. The Hall–Kier alpha value is -2.25. The van der Waals surface area contributed by atoms with Crippen molar-refractivity contribution < 1.29 is 9.90 Å². The number of carboxylic acid groups (broad SMARTS) is 1. The molecule has 2 aromatic rings. The molecule has 16 heavy (non-hydrogen) atoms. The van der Waals surface area contributed by atoms with E-state index in [0.717, 1.165) is 0 Å². The lowest BCUT2D eigenvalue weighted by Gasteiger charge is -2.15. The van der Waals surface area contributed by atoms with Gasteiger partial charge in [0.15, 0.2) is 5.82 Å². The summed E-state index contributed by atoms with van der Waals surface area (Å²) >= 11 is 0. The van der Waals surface area contributed by atoms with Crippen molar-refractivity contribution in [1.29, 1.82) is 0 Å². The van der Waals surface area contributed by atoms with Gasteiger partial charge in [-0.2, -0.15) is 0 Å². The van der Waals surface area contributed by atoms with E-state index < -0.39 is 5.97 Å². The normalized spacial score (nSPS) is 10.6. The standard InChI is InChI=1S/C8H10N6O2/c1-13(3-5(15)16)8-6-7(9-4-10-8)11-12-14(6)2/h4H,3H2,1-2H3,(H,15,16). The van der Waals surface area contributed by atoms with E-state index in [1.807, 2.05) is 0 Å². The molecule has 0 saturated heterocycles. The zero-order valence-corrected chi connectivity index (χ0v) is 8.82. The molecule has 1 N–H and O–H groups in total. The van der Waals surface area contributed by atoms with Crippen LogP contribution in [-0.4, -0.2) is 49.6 Å². The van der Waals surface area contributed by atoms with Crippen LogP contribution in [0.15, 0.2) is 6.33 Å². The molecule has 8 nitrogen and oxygen atoms in total. The number of likely N-dealkylation sites (N-methyl/N-ethyl adjacent to an activating group) is 1. The van der Waals surface area contributed by atoms with Crippen molar-refractivity contribution in [2.24, 2.45) is 7.05 Å². The van der Waals surface area contributed by atoms with Gasteiger partial charge >= 0.3 is 5.97 Å². The third-order valence-electron chi connectivity index (χ3n) is 2.11. The molecule has 2 heterocycles. The highest BCUT2D eigenvalue weighted by molar-refractivity contribution is 5.84. The summed E-state index contributed by atoms with van der Waals surface area (Å²) in [4.78, 5) is 20.1. The number of hydrogen-bond acceptors (Lipinski definition) is 6. The van der Waals surface area contributed by atoms with Crippen LogP contribution >= 0.6 is 0 Å². The predicted octanol–water partition coefficient (Wildman–Crippen LogP) is -0.721. The number of nitrogens with zero attached hydrogens (tertiary/aromatic N) is 6. The largest absolute Gasteiger partial charge is 0.480 e. The summed E-state index contributed by atoms with van der Waals surface area (Å²) in [6.07, 6.45) is 1.34. The molecule has 0 atom stereocenters. The van der Waals surface area contributed by atoms with Gasteiger partial charge in [0, 0.05) is 14.1 Å². The van der Waals surface area contributed by atoms with Gasteiger partial charge in [0.05, 0.1) is 0 Å². The number of fused-ring (bicyclic) bond motifs is 1. The van der Waals surface area contributed by atoms with Gasteiger partial charge in [-0.1, -0.05) is 5.21 Å². The maximum Gasteiger partial charge on any atom is 0.323 e. The number of carbonyl (C=O) groups is 1. The molecule has 0 aliphatic carbocycles. The van der Waals surface area contributed by atoms with Crippen LogP contribution in [0, 0.1) is 0 Å². The van der Waals surface area contributed by atoms with Gasteiger partial charge in [0.2, 0.25) is 5.65 Å². The molecular weight excluding hydrogens is 212 g/mol. The van der Waals surface area contributed by atoms with Crippen molar-refractivity contribution in [1.82, 2.24) is 25.0 Å². The van der Waals surface area contributed by atoms with Crippen molar-refractivity contribution in [3.8, 4) is 0 Å². The van der Waals surface area contributed by atoms with Crippen LogP contribution in [-0.2, 0) is 11.8 Å². The molecule has 2 rings (SSSR count). The summed E-state index contributed by atoms with van der Waals surface area (Å²) in [5, 5.41) is 16.4. The minimum absolute atomic E-state index is 0.142. The lowest BCUT2D eigenvalue weighted by molar-refractivity contribution is -0.135. The first-order valence-electron chi connectivity index (χ1n) is 4.53. The zero-order valence-electron chi connectivity index (χ0n) is 8.82. The number of anilines is 1. The van der Waals surface area contributed by atoms with Crippen molar-refractivity contribution in [2.75, 3.05) is 18.5 Å². The number of carboxylic acids is 1. The average molecular weight is 222 g/mol. The lowest BCUT2D eigenvalue weighted by Crippen LogP contribution is -2.26. The van der Waals surface area contributed by atoms with Gasteiger partial charge in [-0.05, 0) is 0 Å². The summed E-state index contributed by atoms with van der Waals surface area (Å²) in [6, 6.07) is 0. The second kappa shape index (κ2) is 3.72. The molecule has 0 bridgehead atoms. The third kappa shape index (κ3) is 1.64. The van der Waals surface area contributed by atoms with Crippen molar-refractivity contribution in [3.63, 3.8) is 0 Å². The number of aryl methyl sites for hydroxylation is 1. The quantitative estimate of drug-likeness (QED) is 0.731. The van der Waals surface area contributed by atoms with Gasteiger partial charge in [-0.3, -0.25) is 4.79 Å². The number of aromatic nitrogens is 5. The SMILES string of the molecule is CN(CC(=O)O)c1ncnc2nnn(C)c12. The summed E-state index contributed by atoms with van der Waals surface area (Å²) < 4.78 is 1.52. The summed E-state index contributed by atoms with van der Waals surface area (Å²) in [5.74, 6) is -0.427. The molecule has 0 saturated carbocycles. The monoisotopic (exact) mass is 222 g/mol. The number of hydrogen-bond donors (Lipinski definition) is 1. The van der Waals surface area contributed by atoms with Crippen LogP contribution in [0.2, 0.25) is 0 Å². The Morgan fingerprint density at radius 1 is 1.56 bits per heavy atom. The van der Waals surface area contributed by atoms with Crippen LogP contribution in [0.1, 0.15) is 0 Å². The topological polar surface area (TPSA) is 97.0 Å². The minimum Gasteiger partial charge on any atom is -0.480 e. The first-order valence-corrected chi connectivity index (χ1v) is 4.53. The van der Waals surface area contributed by atoms with E-state index in [4.69, 9.17) is 5.11 Å². The Bertz CT molecular complexity index is 536. The summed E-state index contributed by atoms with van der Waals surface area (Å²) in [5.41, 5.74) is 1.07. The van der Waals surface area contributed by atoms with Crippen molar-refractivity contribution in [3.05, 3.63) is 6.33 Å². The molecule has 0 aromatic carbocycles. The van der Waals surface area contributed by atoms with Gasteiger partial charge in [0.25, 0.3) is 0 Å². The fourth-order valence-electron chi connectivity index (χ4n) is 1.43. The minimum atomic E-state index is -0.926. The highest BCUT2D eigenvalue weighted by atomic mass is 16.4. The number of rotatable bonds is 3.